The van der Waals surface area contributed by atoms with E-state index in [4.69, 9.17) is 5.73 Å². The van der Waals surface area contributed by atoms with Gasteiger partial charge in [-0.05, 0) is 6.42 Å². The third-order valence-electron chi connectivity index (χ3n) is 0.881. The van der Waals surface area contributed by atoms with Crippen LogP contribution in [0.2, 0.25) is 0 Å². The summed E-state index contributed by atoms with van der Waals surface area (Å²) in [6, 6.07) is 0. The molecule has 3 nitrogen and oxygen atoms in total. The van der Waals surface area contributed by atoms with Gasteiger partial charge in [0, 0.05) is 13.0 Å². The largest absolute Gasteiger partial charge is 0.329 e. The lowest BCUT2D eigenvalue weighted by Crippen LogP contribution is -2.21. The van der Waals surface area contributed by atoms with Crippen LogP contribution in [0.3, 0.4) is 0 Å². The van der Waals surface area contributed by atoms with Crippen molar-refractivity contribution in [2.45, 2.75) is 19.8 Å². The van der Waals surface area contributed by atoms with Gasteiger partial charge in [-0.25, -0.2) is 0 Å². The van der Waals surface area contributed by atoms with Crippen LogP contribution in [0.1, 0.15) is 19.8 Å². The molecule has 0 atom stereocenters. The van der Waals surface area contributed by atoms with E-state index >= 15 is 0 Å². The van der Waals surface area contributed by atoms with Crippen molar-refractivity contribution in [3.63, 3.8) is 0 Å². The third kappa shape index (κ3) is 5.30. The van der Waals surface area contributed by atoms with E-state index in [1.165, 1.54) is 0 Å². The summed E-state index contributed by atoms with van der Waals surface area (Å²) in [5, 5.41) is 3.67. The molecule has 0 aliphatic rings. The molecule has 2 N–H and O–H groups in total. The molecule has 53 valence electrons. The van der Waals surface area contributed by atoms with E-state index in [0.29, 0.717) is 19.5 Å². The lowest BCUT2D eigenvalue weighted by molar-refractivity contribution is -0.121. The Balaban J connectivity index is 3.06. The monoisotopic (exact) mass is 129 g/mol. The standard InChI is InChI=1S/C6H13N2O/c1-2-3-6(9)8-5-4-7/h2-5,7H2,1H3. The first kappa shape index (κ1) is 8.43. The van der Waals surface area contributed by atoms with Crippen molar-refractivity contribution in [3.05, 3.63) is 0 Å². The molecule has 3 heteroatoms. The van der Waals surface area contributed by atoms with Gasteiger partial charge in [-0.15, -0.1) is 0 Å². The number of rotatable bonds is 4. The minimum atomic E-state index is -0.0250. The zero-order chi connectivity index (χ0) is 7.11. The topological polar surface area (TPSA) is 57.2 Å². The van der Waals surface area contributed by atoms with Crippen molar-refractivity contribution < 1.29 is 4.79 Å². The first-order valence-electron chi connectivity index (χ1n) is 3.21. The van der Waals surface area contributed by atoms with Crippen LogP contribution in [0.4, 0.5) is 0 Å². The maximum Gasteiger partial charge on any atom is 0.241 e. The van der Waals surface area contributed by atoms with Gasteiger partial charge in [0.25, 0.3) is 0 Å². The number of nitrogens with two attached hydrogens (primary N) is 1. The Morgan fingerprint density at radius 3 is 2.78 bits per heavy atom. The van der Waals surface area contributed by atoms with Crippen molar-refractivity contribution in [2.24, 2.45) is 5.73 Å². The summed E-state index contributed by atoms with van der Waals surface area (Å²) in [6.45, 7) is 2.89. The Morgan fingerprint density at radius 2 is 2.33 bits per heavy atom. The minimum Gasteiger partial charge on any atom is -0.329 e. The molecule has 1 amide bonds. The van der Waals surface area contributed by atoms with Crippen LogP contribution in [-0.2, 0) is 4.79 Å². The van der Waals surface area contributed by atoms with Gasteiger partial charge in [0.1, 0.15) is 0 Å². The van der Waals surface area contributed by atoms with Gasteiger partial charge < -0.3 is 5.73 Å². The second kappa shape index (κ2) is 5.56. The maximum absolute atomic E-state index is 10.6. The van der Waals surface area contributed by atoms with Crippen LogP contribution >= 0.6 is 0 Å². The summed E-state index contributed by atoms with van der Waals surface area (Å²) in [4.78, 5) is 10.6. The average Bonchev–Trinajstić information content (AvgIpc) is 1.85. The summed E-state index contributed by atoms with van der Waals surface area (Å²) >= 11 is 0. The molecule has 9 heavy (non-hydrogen) atoms. The summed E-state index contributed by atoms with van der Waals surface area (Å²) in [6.07, 6.45) is 1.42. The molecule has 0 unspecified atom stereocenters. The fourth-order valence-corrected chi connectivity index (χ4v) is 0.482. The number of hydrogen-bond acceptors (Lipinski definition) is 2. The highest BCUT2D eigenvalue weighted by Gasteiger charge is 1.97. The molecule has 0 aromatic heterocycles. The van der Waals surface area contributed by atoms with E-state index in [1.807, 2.05) is 6.92 Å². The molecule has 0 fully saturated rings. The van der Waals surface area contributed by atoms with Crippen LogP contribution in [0, 0.1) is 0 Å². The number of carbonyl (C=O) groups excluding carboxylic acids is 1. The second-order valence-electron chi connectivity index (χ2n) is 1.81. The van der Waals surface area contributed by atoms with E-state index in [1.54, 1.807) is 0 Å². The number of amides is 1. The Hall–Kier alpha value is -0.570. The van der Waals surface area contributed by atoms with Gasteiger partial charge >= 0.3 is 0 Å². The van der Waals surface area contributed by atoms with Crippen molar-refractivity contribution in [3.8, 4) is 0 Å². The van der Waals surface area contributed by atoms with Crippen LogP contribution < -0.4 is 11.1 Å². The third-order valence-corrected chi connectivity index (χ3v) is 0.881. The number of nitrogens with zero attached hydrogens (tertiary/aromatic N) is 1. The van der Waals surface area contributed by atoms with E-state index in [-0.39, 0.29) is 5.91 Å². The Kier molecular flexibility index (Phi) is 5.21. The molecule has 0 rings (SSSR count). The molecule has 0 aliphatic carbocycles. The number of carbonyl (C=O) groups is 1. The quantitative estimate of drug-likeness (QED) is 0.575. The van der Waals surface area contributed by atoms with E-state index in [9.17, 15) is 4.79 Å². The Morgan fingerprint density at radius 1 is 1.67 bits per heavy atom. The van der Waals surface area contributed by atoms with Crippen molar-refractivity contribution in [1.82, 2.24) is 5.32 Å². The first-order chi connectivity index (χ1) is 4.31. The highest BCUT2D eigenvalue weighted by atomic mass is 16.1. The van der Waals surface area contributed by atoms with E-state index in [2.05, 4.69) is 5.32 Å². The molecular formula is C6H13N2O. The molecule has 0 heterocycles. The van der Waals surface area contributed by atoms with Gasteiger partial charge in [-0.2, -0.15) is 0 Å². The summed E-state index contributed by atoms with van der Waals surface area (Å²) in [5.41, 5.74) is 5.13. The van der Waals surface area contributed by atoms with Gasteiger partial charge in [0.2, 0.25) is 5.91 Å². The average molecular weight is 129 g/mol. The van der Waals surface area contributed by atoms with Crippen LogP contribution in [-0.4, -0.2) is 19.0 Å². The molecule has 0 aliphatic heterocycles. The summed E-state index contributed by atoms with van der Waals surface area (Å²) in [7, 11) is 0. The van der Waals surface area contributed by atoms with E-state index < -0.39 is 0 Å². The molecular weight excluding hydrogens is 116 g/mol. The zero-order valence-corrected chi connectivity index (χ0v) is 5.76. The predicted molar refractivity (Wildman–Crippen MR) is 36.0 cm³/mol. The maximum atomic E-state index is 10.6. The van der Waals surface area contributed by atoms with Crippen molar-refractivity contribution in [1.29, 1.82) is 0 Å². The van der Waals surface area contributed by atoms with Crippen molar-refractivity contribution in [2.75, 3.05) is 13.1 Å². The van der Waals surface area contributed by atoms with Crippen LogP contribution in [0.5, 0.6) is 0 Å². The van der Waals surface area contributed by atoms with Crippen molar-refractivity contribution >= 4 is 5.91 Å². The Bertz CT molecular complexity index is 83.1. The normalized spacial score (nSPS) is 9.11. The molecule has 0 aromatic rings. The zero-order valence-electron chi connectivity index (χ0n) is 5.76. The summed E-state index contributed by atoms with van der Waals surface area (Å²) in [5.74, 6) is -0.0250. The lowest BCUT2D eigenvalue weighted by atomic mass is 10.3. The highest BCUT2D eigenvalue weighted by Crippen LogP contribution is 1.85. The highest BCUT2D eigenvalue weighted by molar-refractivity contribution is 5.75. The van der Waals surface area contributed by atoms with Gasteiger partial charge in [0.05, 0.1) is 6.54 Å². The fourth-order valence-electron chi connectivity index (χ4n) is 0.482. The number of hydrogen-bond donors (Lipinski definition) is 1. The molecule has 0 aromatic carbocycles. The lowest BCUT2D eigenvalue weighted by Gasteiger charge is -1.95. The SMILES string of the molecule is CCCC(=O)[N]CCN. The van der Waals surface area contributed by atoms with E-state index in [0.717, 1.165) is 6.42 Å². The van der Waals surface area contributed by atoms with Crippen LogP contribution in [0.25, 0.3) is 0 Å². The molecule has 0 saturated carbocycles. The smallest absolute Gasteiger partial charge is 0.241 e. The molecule has 1 radical (unpaired) electrons. The van der Waals surface area contributed by atoms with Gasteiger partial charge in [-0.1, -0.05) is 6.92 Å². The van der Waals surface area contributed by atoms with Gasteiger partial charge in [0.15, 0.2) is 0 Å². The van der Waals surface area contributed by atoms with Crippen LogP contribution in [0.15, 0.2) is 0 Å². The second-order valence-corrected chi connectivity index (χ2v) is 1.81. The predicted octanol–water partition coefficient (Wildman–Crippen LogP) is -0.124. The van der Waals surface area contributed by atoms with Gasteiger partial charge in [-0.3, -0.25) is 10.1 Å². The molecule has 0 saturated heterocycles. The fraction of sp³-hybridized carbons (Fsp3) is 0.833. The first-order valence-corrected chi connectivity index (χ1v) is 3.21. The molecule has 0 spiro atoms. The molecule has 0 bridgehead atoms. The summed E-state index contributed by atoms with van der Waals surface area (Å²) < 4.78 is 0. The minimum absolute atomic E-state index is 0.0250. The Labute approximate surface area is 55.6 Å².